The molecule has 0 saturated heterocycles. The Kier molecular flexibility index (Phi) is 3.82. The molecule has 3 N–H and O–H groups in total. The van der Waals surface area contributed by atoms with E-state index in [4.69, 9.17) is 15.2 Å². The molecule has 1 aromatic carbocycles. The van der Waals surface area contributed by atoms with Gasteiger partial charge in [-0.1, -0.05) is 0 Å². The monoisotopic (exact) mass is 261 g/mol. The molecule has 0 fully saturated rings. The lowest BCUT2D eigenvalue weighted by atomic mass is 10.1. The molecule has 0 bridgehead atoms. The summed E-state index contributed by atoms with van der Waals surface area (Å²) in [6.45, 7) is 0.224. The van der Waals surface area contributed by atoms with E-state index in [0.29, 0.717) is 22.8 Å². The van der Waals surface area contributed by atoms with Crippen molar-refractivity contribution in [2.45, 2.75) is 6.54 Å². The number of aromatic amines is 1. The van der Waals surface area contributed by atoms with Gasteiger partial charge in [0.1, 0.15) is 11.5 Å². The van der Waals surface area contributed by atoms with Crippen LogP contribution in [-0.4, -0.2) is 24.4 Å². The second kappa shape index (κ2) is 5.53. The van der Waals surface area contributed by atoms with Gasteiger partial charge in [-0.15, -0.1) is 0 Å². The quantitative estimate of drug-likeness (QED) is 0.853. The van der Waals surface area contributed by atoms with Crippen LogP contribution in [0.4, 0.5) is 0 Å². The summed E-state index contributed by atoms with van der Waals surface area (Å²) in [5.41, 5.74) is 7.37. The SMILES string of the molecule is COc1ccc(-c2n[nH]c(=O)cc2CN)c(OC)c1. The molecular weight excluding hydrogens is 246 g/mol. The Labute approximate surface area is 110 Å². The molecule has 1 aromatic heterocycles. The van der Waals surface area contributed by atoms with E-state index in [2.05, 4.69) is 10.2 Å². The molecule has 19 heavy (non-hydrogen) atoms. The third-order valence-corrected chi connectivity index (χ3v) is 2.77. The first-order valence-electron chi connectivity index (χ1n) is 5.70. The van der Waals surface area contributed by atoms with E-state index in [0.717, 1.165) is 5.56 Å². The minimum Gasteiger partial charge on any atom is -0.497 e. The van der Waals surface area contributed by atoms with Crippen LogP contribution in [0, 0.1) is 0 Å². The standard InChI is InChI=1S/C13H15N3O3/c1-18-9-3-4-10(11(6-9)19-2)13-8(7-14)5-12(17)15-16-13/h3-6H,7,14H2,1-2H3,(H,15,17). The van der Waals surface area contributed by atoms with Gasteiger partial charge in [0.2, 0.25) is 0 Å². The number of benzene rings is 1. The summed E-state index contributed by atoms with van der Waals surface area (Å²) in [7, 11) is 3.14. The number of rotatable bonds is 4. The third-order valence-electron chi connectivity index (χ3n) is 2.77. The highest BCUT2D eigenvalue weighted by Crippen LogP contribution is 2.33. The van der Waals surface area contributed by atoms with E-state index in [-0.39, 0.29) is 12.1 Å². The number of H-pyrrole nitrogens is 1. The number of hydrogen-bond acceptors (Lipinski definition) is 5. The highest BCUT2D eigenvalue weighted by molar-refractivity contribution is 5.70. The zero-order valence-electron chi connectivity index (χ0n) is 10.8. The van der Waals surface area contributed by atoms with Gasteiger partial charge in [0.25, 0.3) is 5.56 Å². The molecule has 2 rings (SSSR count). The molecule has 0 atom stereocenters. The van der Waals surface area contributed by atoms with Gasteiger partial charge >= 0.3 is 0 Å². The smallest absolute Gasteiger partial charge is 0.264 e. The minimum absolute atomic E-state index is 0.224. The molecule has 0 radical (unpaired) electrons. The van der Waals surface area contributed by atoms with E-state index in [1.807, 2.05) is 6.07 Å². The molecule has 2 aromatic rings. The fraction of sp³-hybridized carbons (Fsp3) is 0.231. The van der Waals surface area contributed by atoms with Gasteiger partial charge in [-0.05, 0) is 17.7 Å². The van der Waals surface area contributed by atoms with Crippen molar-refractivity contribution >= 4 is 0 Å². The Balaban J connectivity index is 2.61. The van der Waals surface area contributed by atoms with Crippen LogP contribution in [0.5, 0.6) is 11.5 Å². The normalized spacial score (nSPS) is 10.3. The highest BCUT2D eigenvalue weighted by Gasteiger charge is 2.13. The summed E-state index contributed by atoms with van der Waals surface area (Å²) in [6.07, 6.45) is 0. The largest absolute Gasteiger partial charge is 0.497 e. The summed E-state index contributed by atoms with van der Waals surface area (Å²) in [6, 6.07) is 6.80. The van der Waals surface area contributed by atoms with E-state index in [9.17, 15) is 4.79 Å². The van der Waals surface area contributed by atoms with Crippen LogP contribution in [0.25, 0.3) is 11.3 Å². The molecule has 0 aliphatic carbocycles. The summed E-state index contributed by atoms with van der Waals surface area (Å²) in [5, 5.41) is 6.45. The lowest BCUT2D eigenvalue weighted by molar-refractivity contribution is 0.395. The molecule has 100 valence electrons. The van der Waals surface area contributed by atoms with E-state index in [1.165, 1.54) is 6.07 Å². The van der Waals surface area contributed by atoms with Crippen molar-refractivity contribution in [2.24, 2.45) is 5.73 Å². The fourth-order valence-corrected chi connectivity index (χ4v) is 1.82. The minimum atomic E-state index is -0.281. The number of hydrogen-bond donors (Lipinski definition) is 2. The van der Waals surface area contributed by atoms with Crippen LogP contribution in [0.3, 0.4) is 0 Å². The van der Waals surface area contributed by atoms with E-state index < -0.39 is 0 Å². The van der Waals surface area contributed by atoms with Gasteiger partial charge in [0.05, 0.1) is 19.9 Å². The fourth-order valence-electron chi connectivity index (χ4n) is 1.82. The number of nitrogens with zero attached hydrogens (tertiary/aromatic N) is 1. The lowest BCUT2D eigenvalue weighted by Gasteiger charge is -2.11. The first kappa shape index (κ1) is 13.1. The van der Waals surface area contributed by atoms with Gasteiger partial charge in [0, 0.05) is 24.2 Å². The molecule has 0 unspecified atom stereocenters. The lowest BCUT2D eigenvalue weighted by Crippen LogP contribution is -2.13. The van der Waals surface area contributed by atoms with Crippen LogP contribution >= 0.6 is 0 Å². The number of nitrogens with one attached hydrogen (secondary N) is 1. The van der Waals surface area contributed by atoms with Gasteiger partial charge in [-0.25, -0.2) is 5.10 Å². The van der Waals surface area contributed by atoms with Gasteiger partial charge < -0.3 is 15.2 Å². The van der Waals surface area contributed by atoms with E-state index >= 15 is 0 Å². The Morgan fingerprint density at radius 2 is 2.05 bits per heavy atom. The van der Waals surface area contributed by atoms with Gasteiger partial charge in [-0.3, -0.25) is 4.79 Å². The molecule has 1 heterocycles. The van der Waals surface area contributed by atoms with Crippen LogP contribution in [0.15, 0.2) is 29.1 Å². The van der Waals surface area contributed by atoms with Crippen molar-refractivity contribution in [3.63, 3.8) is 0 Å². The Morgan fingerprint density at radius 3 is 2.68 bits per heavy atom. The van der Waals surface area contributed by atoms with Crippen molar-refractivity contribution in [2.75, 3.05) is 14.2 Å². The second-order valence-electron chi connectivity index (χ2n) is 3.88. The molecule has 0 spiro atoms. The van der Waals surface area contributed by atoms with Crippen molar-refractivity contribution in [3.05, 3.63) is 40.2 Å². The number of ether oxygens (including phenoxy) is 2. The van der Waals surface area contributed by atoms with Gasteiger partial charge in [0.15, 0.2) is 0 Å². The predicted molar refractivity (Wildman–Crippen MR) is 71.3 cm³/mol. The maximum Gasteiger partial charge on any atom is 0.264 e. The topological polar surface area (TPSA) is 90.2 Å². The van der Waals surface area contributed by atoms with Crippen LogP contribution in [-0.2, 0) is 6.54 Å². The van der Waals surface area contributed by atoms with Crippen LogP contribution in [0.2, 0.25) is 0 Å². The maximum atomic E-state index is 11.3. The zero-order chi connectivity index (χ0) is 13.8. The summed E-state index contributed by atoms with van der Waals surface area (Å²) >= 11 is 0. The molecule has 0 aliphatic heterocycles. The summed E-state index contributed by atoms with van der Waals surface area (Å²) in [5.74, 6) is 1.29. The average molecular weight is 261 g/mol. The second-order valence-corrected chi connectivity index (χ2v) is 3.88. The molecule has 6 nitrogen and oxygen atoms in total. The van der Waals surface area contributed by atoms with Crippen LogP contribution in [0.1, 0.15) is 5.56 Å². The number of aromatic nitrogens is 2. The Hall–Kier alpha value is -2.34. The first-order valence-corrected chi connectivity index (χ1v) is 5.70. The predicted octanol–water partition coefficient (Wildman–Crippen LogP) is 0.913. The Bertz CT molecular complexity index is 637. The van der Waals surface area contributed by atoms with Crippen molar-refractivity contribution in [3.8, 4) is 22.8 Å². The number of nitrogens with two attached hydrogens (primary N) is 1. The van der Waals surface area contributed by atoms with Crippen molar-refractivity contribution < 1.29 is 9.47 Å². The molecule has 0 aliphatic rings. The van der Waals surface area contributed by atoms with Crippen molar-refractivity contribution in [1.29, 1.82) is 0 Å². The molecular formula is C13H15N3O3. The van der Waals surface area contributed by atoms with Crippen molar-refractivity contribution in [1.82, 2.24) is 10.2 Å². The van der Waals surface area contributed by atoms with E-state index in [1.54, 1.807) is 26.4 Å². The molecule has 0 saturated carbocycles. The summed E-state index contributed by atoms with van der Waals surface area (Å²) in [4.78, 5) is 11.3. The average Bonchev–Trinajstić information content (AvgIpc) is 2.46. The highest BCUT2D eigenvalue weighted by atomic mass is 16.5. The number of methoxy groups -OCH3 is 2. The third kappa shape index (κ3) is 2.58. The van der Waals surface area contributed by atoms with Crippen LogP contribution < -0.4 is 20.8 Å². The molecule has 0 amide bonds. The zero-order valence-corrected chi connectivity index (χ0v) is 10.8. The molecule has 6 heteroatoms. The maximum absolute atomic E-state index is 11.3. The first-order chi connectivity index (χ1) is 9.19. The summed E-state index contributed by atoms with van der Waals surface area (Å²) < 4.78 is 10.5. The Morgan fingerprint density at radius 1 is 1.26 bits per heavy atom. The van der Waals surface area contributed by atoms with Gasteiger partial charge in [-0.2, -0.15) is 5.10 Å².